The van der Waals surface area contributed by atoms with Gasteiger partial charge in [-0.15, -0.1) is 0 Å². The first-order chi connectivity index (χ1) is 12.3. The predicted octanol–water partition coefficient (Wildman–Crippen LogP) is 4.12. The van der Waals surface area contributed by atoms with Crippen LogP contribution in [0.4, 0.5) is 0 Å². The van der Waals surface area contributed by atoms with Crippen LogP contribution in [-0.2, 0) is 10.0 Å². The Morgan fingerprint density at radius 3 is 2.35 bits per heavy atom. The van der Waals surface area contributed by atoms with Gasteiger partial charge in [-0.1, -0.05) is 37.6 Å². The van der Waals surface area contributed by atoms with Gasteiger partial charge in [0.2, 0.25) is 10.0 Å². The summed E-state index contributed by atoms with van der Waals surface area (Å²) in [6, 6.07) is 13.9. The Bertz CT molecular complexity index is 1090. The molecule has 5 nitrogen and oxygen atoms in total. The summed E-state index contributed by atoms with van der Waals surface area (Å²) in [4.78, 5) is 11.4. The van der Waals surface area contributed by atoms with E-state index in [0.717, 1.165) is 5.56 Å². The number of halogens is 1. The van der Waals surface area contributed by atoms with E-state index in [1.54, 1.807) is 18.2 Å². The van der Waals surface area contributed by atoms with Crippen molar-refractivity contribution in [2.24, 2.45) is 5.92 Å². The van der Waals surface area contributed by atoms with E-state index in [2.05, 4.69) is 4.72 Å². The lowest BCUT2D eigenvalue weighted by Crippen LogP contribution is -2.31. The third-order valence-electron chi connectivity index (χ3n) is 4.08. The summed E-state index contributed by atoms with van der Waals surface area (Å²) in [6.07, 6.45) is 0. The maximum atomic E-state index is 12.9. The van der Waals surface area contributed by atoms with Gasteiger partial charge in [0.15, 0.2) is 0 Å². The molecule has 26 heavy (non-hydrogen) atoms. The second kappa shape index (κ2) is 7.23. The monoisotopic (exact) mass is 391 g/mol. The molecular formula is C19H18ClNO4S. The van der Waals surface area contributed by atoms with Gasteiger partial charge in [0.1, 0.15) is 5.58 Å². The van der Waals surface area contributed by atoms with Crippen LogP contribution in [0.15, 0.2) is 68.7 Å². The third-order valence-corrected chi connectivity index (χ3v) is 5.77. The quantitative estimate of drug-likeness (QED) is 0.663. The van der Waals surface area contributed by atoms with Gasteiger partial charge in [-0.25, -0.2) is 17.9 Å². The molecule has 0 radical (unpaired) electrons. The lowest BCUT2D eigenvalue weighted by Gasteiger charge is -2.23. The first-order valence-corrected chi connectivity index (χ1v) is 9.94. The second-order valence-electron chi connectivity index (χ2n) is 6.35. The van der Waals surface area contributed by atoms with Crippen molar-refractivity contribution in [2.45, 2.75) is 24.8 Å². The molecule has 0 saturated carbocycles. The number of hydrogen-bond donors (Lipinski definition) is 1. The standard InChI is InChI=1S/C19H18ClNO4S/c1-12(2)19(13-3-6-15(20)7-4-13)21-26(23,24)16-8-9-17-14(11-16)5-10-18(22)25-17/h3-12,19,21H,1-2H3/t19-/m0/s1. The summed E-state index contributed by atoms with van der Waals surface area (Å²) in [5, 5.41) is 1.13. The van der Waals surface area contributed by atoms with E-state index in [9.17, 15) is 13.2 Å². The number of fused-ring (bicyclic) bond motifs is 1. The molecule has 0 aliphatic rings. The molecule has 1 N–H and O–H groups in total. The zero-order valence-electron chi connectivity index (χ0n) is 14.3. The Labute approximate surface area is 156 Å². The van der Waals surface area contributed by atoms with Gasteiger partial charge in [0.25, 0.3) is 0 Å². The molecule has 0 saturated heterocycles. The number of nitrogens with one attached hydrogen (secondary N) is 1. The molecule has 0 spiro atoms. The summed E-state index contributed by atoms with van der Waals surface area (Å²) in [7, 11) is -3.77. The molecule has 2 aromatic carbocycles. The normalized spacial score (nSPS) is 13.2. The lowest BCUT2D eigenvalue weighted by molar-refractivity contribution is 0.463. The van der Waals surface area contributed by atoms with Crippen molar-refractivity contribution in [1.29, 1.82) is 0 Å². The van der Waals surface area contributed by atoms with Crippen LogP contribution in [0.25, 0.3) is 11.0 Å². The fourth-order valence-corrected chi connectivity index (χ4v) is 4.25. The maximum absolute atomic E-state index is 12.9. The summed E-state index contributed by atoms with van der Waals surface area (Å²) in [5.74, 6) is 0.0319. The van der Waals surface area contributed by atoms with Gasteiger partial charge in [0.05, 0.1) is 4.90 Å². The van der Waals surface area contributed by atoms with E-state index in [1.807, 2.05) is 26.0 Å². The smallest absolute Gasteiger partial charge is 0.336 e. The average Bonchev–Trinajstić information content (AvgIpc) is 2.60. The molecule has 0 aliphatic heterocycles. The molecule has 0 aliphatic carbocycles. The van der Waals surface area contributed by atoms with Crippen molar-refractivity contribution in [3.8, 4) is 0 Å². The minimum atomic E-state index is -3.77. The second-order valence-corrected chi connectivity index (χ2v) is 8.50. The summed E-state index contributed by atoms with van der Waals surface area (Å²) >= 11 is 5.92. The van der Waals surface area contributed by atoms with Gasteiger partial charge in [-0.2, -0.15) is 0 Å². The van der Waals surface area contributed by atoms with E-state index in [-0.39, 0.29) is 10.8 Å². The maximum Gasteiger partial charge on any atom is 0.336 e. The van der Waals surface area contributed by atoms with Gasteiger partial charge >= 0.3 is 5.63 Å². The summed E-state index contributed by atoms with van der Waals surface area (Å²) < 4.78 is 33.5. The van der Waals surface area contributed by atoms with E-state index in [4.69, 9.17) is 16.0 Å². The van der Waals surface area contributed by atoms with Crippen LogP contribution in [0.5, 0.6) is 0 Å². The number of sulfonamides is 1. The van der Waals surface area contributed by atoms with E-state index in [1.165, 1.54) is 24.3 Å². The van der Waals surface area contributed by atoms with Gasteiger partial charge in [-0.3, -0.25) is 0 Å². The first-order valence-electron chi connectivity index (χ1n) is 8.08. The highest BCUT2D eigenvalue weighted by molar-refractivity contribution is 7.89. The van der Waals surface area contributed by atoms with E-state index < -0.39 is 21.7 Å². The number of rotatable bonds is 5. The highest BCUT2D eigenvalue weighted by Gasteiger charge is 2.24. The molecule has 7 heteroatoms. The molecule has 0 amide bonds. The lowest BCUT2D eigenvalue weighted by atomic mass is 9.97. The van der Waals surface area contributed by atoms with Crippen molar-refractivity contribution in [2.75, 3.05) is 0 Å². The number of benzene rings is 2. The van der Waals surface area contributed by atoms with Crippen molar-refractivity contribution in [3.63, 3.8) is 0 Å². The van der Waals surface area contributed by atoms with Crippen LogP contribution in [0.2, 0.25) is 5.02 Å². The largest absolute Gasteiger partial charge is 0.423 e. The Kier molecular flexibility index (Phi) is 5.18. The molecule has 3 aromatic rings. The van der Waals surface area contributed by atoms with E-state index in [0.29, 0.717) is 16.0 Å². The zero-order chi connectivity index (χ0) is 18.9. The SMILES string of the molecule is CC(C)[C@H](NS(=O)(=O)c1ccc2oc(=O)ccc2c1)c1ccc(Cl)cc1. The number of hydrogen-bond acceptors (Lipinski definition) is 4. The van der Waals surface area contributed by atoms with Crippen LogP contribution in [-0.4, -0.2) is 8.42 Å². The highest BCUT2D eigenvalue weighted by atomic mass is 35.5. The van der Waals surface area contributed by atoms with Crippen molar-refractivity contribution in [3.05, 3.63) is 75.6 Å². The molecule has 0 fully saturated rings. The molecule has 0 bridgehead atoms. The Morgan fingerprint density at radius 1 is 1.00 bits per heavy atom. The molecule has 0 unspecified atom stereocenters. The Balaban J connectivity index is 1.97. The fraction of sp³-hybridized carbons (Fsp3) is 0.211. The van der Waals surface area contributed by atoms with Crippen molar-refractivity contribution < 1.29 is 12.8 Å². The topological polar surface area (TPSA) is 76.4 Å². The average molecular weight is 392 g/mol. The van der Waals surface area contributed by atoms with Crippen LogP contribution >= 0.6 is 11.6 Å². The molecule has 3 rings (SSSR count). The highest BCUT2D eigenvalue weighted by Crippen LogP contribution is 2.26. The van der Waals surface area contributed by atoms with Crippen molar-refractivity contribution in [1.82, 2.24) is 4.72 Å². The molecular weight excluding hydrogens is 374 g/mol. The van der Waals surface area contributed by atoms with E-state index >= 15 is 0 Å². The van der Waals surface area contributed by atoms with Crippen LogP contribution in [0, 0.1) is 5.92 Å². The fourth-order valence-electron chi connectivity index (χ4n) is 2.71. The van der Waals surface area contributed by atoms with Crippen LogP contribution in [0.3, 0.4) is 0 Å². The molecule has 1 aromatic heterocycles. The minimum Gasteiger partial charge on any atom is -0.423 e. The summed E-state index contributed by atoms with van der Waals surface area (Å²) in [5.41, 5.74) is 0.697. The van der Waals surface area contributed by atoms with Gasteiger partial charge < -0.3 is 4.42 Å². The van der Waals surface area contributed by atoms with Crippen LogP contribution < -0.4 is 10.3 Å². The van der Waals surface area contributed by atoms with Gasteiger partial charge in [0, 0.05) is 22.5 Å². The zero-order valence-corrected chi connectivity index (χ0v) is 15.8. The van der Waals surface area contributed by atoms with Crippen molar-refractivity contribution >= 4 is 32.6 Å². The molecule has 1 heterocycles. The third kappa shape index (κ3) is 3.98. The molecule has 136 valence electrons. The van der Waals surface area contributed by atoms with Gasteiger partial charge in [-0.05, 0) is 47.9 Å². The Hall–Kier alpha value is -2.15. The van der Waals surface area contributed by atoms with Crippen LogP contribution in [0.1, 0.15) is 25.5 Å². The molecule has 1 atom stereocenters. The summed E-state index contributed by atoms with van der Waals surface area (Å²) in [6.45, 7) is 3.88. The Morgan fingerprint density at radius 2 is 1.69 bits per heavy atom. The predicted molar refractivity (Wildman–Crippen MR) is 102 cm³/mol. The first kappa shape index (κ1) is 18.6. The minimum absolute atomic E-state index is 0.0319.